The average Bonchev–Trinajstić information content (AvgIpc) is 2.42. The highest BCUT2D eigenvalue weighted by Gasteiger charge is 2.06. The Hall–Kier alpha value is -1.55. The Morgan fingerprint density at radius 2 is 1.89 bits per heavy atom. The number of aliphatic hydroxyl groups excluding tert-OH is 1. The molecule has 4 nitrogen and oxygen atoms in total. The minimum atomic E-state index is -0.173. The number of amides is 1. The van der Waals surface area contributed by atoms with Gasteiger partial charge >= 0.3 is 0 Å². The first-order valence-corrected chi connectivity index (χ1v) is 6.63. The van der Waals surface area contributed by atoms with E-state index in [-0.39, 0.29) is 25.0 Å². The molecule has 0 aromatic heterocycles. The molecule has 1 rings (SSSR count). The average molecular weight is 265 g/mol. The van der Waals surface area contributed by atoms with E-state index in [9.17, 15) is 4.79 Å². The van der Waals surface area contributed by atoms with Crippen molar-refractivity contribution in [3.05, 3.63) is 29.8 Å². The van der Waals surface area contributed by atoms with E-state index in [2.05, 4.69) is 19.2 Å². The summed E-state index contributed by atoms with van der Waals surface area (Å²) in [5, 5.41) is 11.6. The van der Waals surface area contributed by atoms with Crippen LogP contribution in [0.1, 0.15) is 32.3 Å². The van der Waals surface area contributed by atoms with Crippen molar-refractivity contribution in [3.63, 3.8) is 0 Å². The molecule has 19 heavy (non-hydrogen) atoms. The van der Waals surface area contributed by atoms with Crippen LogP contribution >= 0.6 is 0 Å². The zero-order valence-corrected chi connectivity index (χ0v) is 11.8. The van der Waals surface area contributed by atoms with Gasteiger partial charge in [0, 0.05) is 13.2 Å². The molecule has 0 aliphatic heterocycles. The van der Waals surface area contributed by atoms with Gasteiger partial charge in [0.1, 0.15) is 5.75 Å². The van der Waals surface area contributed by atoms with Crippen LogP contribution in [0.25, 0.3) is 0 Å². The molecule has 0 saturated carbocycles. The molecule has 1 aromatic carbocycles. The second kappa shape index (κ2) is 7.79. The van der Waals surface area contributed by atoms with Crippen LogP contribution in [0.5, 0.6) is 5.75 Å². The van der Waals surface area contributed by atoms with E-state index in [1.807, 2.05) is 31.2 Å². The summed E-state index contributed by atoms with van der Waals surface area (Å²) in [7, 11) is 0. The Kier molecular flexibility index (Phi) is 6.36. The van der Waals surface area contributed by atoms with Crippen molar-refractivity contribution in [2.24, 2.45) is 5.92 Å². The number of nitrogens with one attached hydrogen (secondary N) is 1. The second-order valence-corrected chi connectivity index (χ2v) is 5.10. The molecule has 0 aliphatic rings. The highest BCUT2D eigenvalue weighted by atomic mass is 16.5. The van der Waals surface area contributed by atoms with Crippen molar-refractivity contribution in [2.45, 2.75) is 26.7 Å². The van der Waals surface area contributed by atoms with Gasteiger partial charge in [-0.2, -0.15) is 0 Å². The summed E-state index contributed by atoms with van der Waals surface area (Å²) in [6.07, 6.45) is 0. The van der Waals surface area contributed by atoms with Gasteiger partial charge in [-0.25, -0.2) is 0 Å². The Labute approximate surface area is 114 Å². The van der Waals surface area contributed by atoms with Crippen LogP contribution in [-0.2, 0) is 4.79 Å². The maximum absolute atomic E-state index is 11.5. The first kappa shape index (κ1) is 15.5. The number of carbonyl (C=O) groups is 1. The number of hydrogen-bond acceptors (Lipinski definition) is 3. The number of benzene rings is 1. The zero-order chi connectivity index (χ0) is 14.3. The van der Waals surface area contributed by atoms with Gasteiger partial charge in [0.25, 0.3) is 5.91 Å². The third kappa shape index (κ3) is 5.75. The van der Waals surface area contributed by atoms with E-state index in [1.165, 1.54) is 5.56 Å². The van der Waals surface area contributed by atoms with Crippen LogP contribution in [0.4, 0.5) is 0 Å². The summed E-state index contributed by atoms with van der Waals surface area (Å²) >= 11 is 0. The molecule has 1 amide bonds. The van der Waals surface area contributed by atoms with E-state index >= 15 is 0 Å². The molecule has 4 heteroatoms. The Morgan fingerprint density at radius 3 is 2.42 bits per heavy atom. The highest BCUT2D eigenvalue weighted by Crippen LogP contribution is 2.18. The fraction of sp³-hybridized carbons (Fsp3) is 0.533. The molecule has 0 saturated heterocycles. The first-order valence-electron chi connectivity index (χ1n) is 6.63. The maximum atomic E-state index is 11.5. The monoisotopic (exact) mass is 265 g/mol. The molecular formula is C15H23NO3. The van der Waals surface area contributed by atoms with Crippen LogP contribution in [0.15, 0.2) is 24.3 Å². The lowest BCUT2D eigenvalue weighted by atomic mass is 10.0. The summed E-state index contributed by atoms with van der Waals surface area (Å²) in [5.41, 5.74) is 1.24. The van der Waals surface area contributed by atoms with E-state index in [1.54, 1.807) is 0 Å². The molecule has 1 atom stereocenters. The van der Waals surface area contributed by atoms with E-state index in [4.69, 9.17) is 9.84 Å². The smallest absolute Gasteiger partial charge is 0.257 e. The molecular weight excluding hydrogens is 242 g/mol. The van der Waals surface area contributed by atoms with Crippen molar-refractivity contribution in [1.82, 2.24) is 5.32 Å². The van der Waals surface area contributed by atoms with Gasteiger partial charge in [-0.3, -0.25) is 4.79 Å². The standard InChI is InChI=1S/C15H23NO3/c1-11(2)13-4-6-14(7-5-13)19-10-15(18)16-8-12(3)9-17/h4-7,11-12,17H,8-10H2,1-3H3,(H,16,18). The van der Waals surface area contributed by atoms with E-state index in [0.717, 1.165) is 0 Å². The number of rotatable bonds is 7. The molecule has 1 aromatic rings. The summed E-state index contributed by atoms with van der Waals surface area (Å²) in [4.78, 5) is 11.5. The quantitative estimate of drug-likeness (QED) is 0.792. The minimum Gasteiger partial charge on any atom is -0.484 e. The van der Waals surface area contributed by atoms with Crippen LogP contribution in [-0.4, -0.2) is 30.8 Å². The van der Waals surface area contributed by atoms with Crippen LogP contribution in [0.3, 0.4) is 0 Å². The summed E-state index contributed by atoms with van der Waals surface area (Å²) in [5.74, 6) is 1.06. The third-order valence-electron chi connectivity index (χ3n) is 2.88. The van der Waals surface area contributed by atoms with Crippen molar-refractivity contribution >= 4 is 5.91 Å². The van der Waals surface area contributed by atoms with Gasteiger partial charge in [0.2, 0.25) is 0 Å². The molecule has 0 aliphatic carbocycles. The fourth-order valence-electron chi connectivity index (χ4n) is 1.50. The van der Waals surface area contributed by atoms with Gasteiger partial charge in [-0.1, -0.05) is 32.9 Å². The number of ether oxygens (including phenoxy) is 1. The second-order valence-electron chi connectivity index (χ2n) is 5.10. The lowest BCUT2D eigenvalue weighted by Crippen LogP contribution is -2.33. The highest BCUT2D eigenvalue weighted by molar-refractivity contribution is 5.77. The Balaban J connectivity index is 2.33. The first-order chi connectivity index (χ1) is 9.02. The largest absolute Gasteiger partial charge is 0.484 e. The van der Waals surface area contributed by atoms with Crippen molar-refractivity contribution < 1.29 is 14.6 Å². The molecule has 2 N–H and O–H groups in total. The third-order valence-corrected chi connectivity index (χ3v) is 2.88. The van der Waals surface area contributed by atoms with Crippen LogP contribution < -0.4 is 10.1 Å². The molecule has 0 fully saturated rings. The lowest BCUT2D eigenvalue weighted by Gasteiger charge is -2.11. The van der Waals surface area contributed by atoms with E-state index in [0.29, 0.717) is 18.2 Å². The SMILES string of the molecule is CC(CO)CNC(=O)COc1ccc(C(C)C)cc1. The van der Waals surface area contributed by atoms with Gasteiger partial charge in [0.05, 0.1) is 0 Å². The Morgan fingerprint density at radius 1 is 1.26 bits per heavy atom. The van der Waals surface area contributed by atoms with Crippen molar-refractivity contribution in [1.29, 1.82) is 0 Å². The minimum absolute atomic E-state index is 0.000820. The van der Waals surface area contributed by atoms with Gasteiger partial charge in [-0.15, -0.1) is 0 Å². The van der Waals surface area contributed by atoms with Crippen molar-refractivity contribution in [2.75, 3.05) is 19.8 Å². The lowest BCUT2D eigenvalue weighted by molar-refractivity contribution is -0.123. The number of carbonyl (C=O) groups excluding carboxylic acids is 1. The molecule has 0 radical (unpaired) electrons. The number of aliphatic hydroxyl groups is 1. The normalized spacial score (nSPS) is 12.3. The topological polar surface area (TPSA) is 58.6 Å². The molecule has 1 unspecified atom stereocenters. The Bertz CT molecular complexity index is 387. The van der Waals surface area contributed by atoms with Gasteiger partial charge in [0.15, 0.2) is 6.61 Å². The molecule has 0 spiro atoms. The predicted molar refractivity (Wildman–Crippen MR) is 75.3 cm³/mol. The van der Waals surface area contributed by atoms with Gasteiger partial charge in [-0.05, 0) is 29.5 Å². The summed E-state index contributed by atoms with van der Waals surface area (Å²) < 4.78 is 5.39. The van der Waals surface area contributed by atoms with Crippen LogP contribution in [0, 0.1) is 5.92 Å². The predicted octanol–water partition coefficient (Wildman–Crippen LogP) is 1.93. The molecule has 106 valence electrons. The summed E-state index contributed by atoms with van der Waals surface area (Å²) in [6.45, 7) is 6.66. The zero-order valence-electron chi connectivity index (χ0n) is 11.8. The van der Waals surface area contributed by atoms with Gasteiger partial charge < -0.3 is 15.2 Å². The molecule has 0 bridgehead atoms. The van der Waals surface area contributed by atoms with Crippen molar-refractivity contribution in [3.8, 4) is 5.75 Å². The fourth-order valence-corrected chi connectivity index (χ4v) is 1.50. The summed E-state index contributed by atoms with van der Waals surface area (Å²) in [6, 6.07) is 7.76. The maximum Gasteiger partial charge on any atom is 0.257 e. The van der Waals surface area contributed by atoms with E-state index < -0.39 is 0 Å². The van der Waals surface area contributed by atoms with Crippen LogP contribution in [0.2, 0.25) is 0 Å². The number of hydrogen-bond donors (Lipinski definition) is 2. The molecule has 0 heterocycles.